The number of aromatic nitrogens is 1. The molecule has 0 bridgehead atoms. The first-order chi connectivity index (χ1) is 13.7. The summed E-state index contributed by atoms with van der Waals surface area (Å²) in [5.74, 6) is 0.871. The van der Waals surface area contributed by atoms with E-state index in [1.165, 1.54) is 0 Å². The van der Waals surface area contributed by atoms with Crippen molar-refractivity contribution >= 4 is 5.91 Å². The first-order valence-corrected chi connectivity index (χ1v) is 8.98. The van der Waals surface area contributed by atoms with Crippen molar-refractivity contribution in [1.82, 2.24) is 9.88 Å². The van der Waals surface area contributed by atoms with E-state index in [0.717, 1.165) is 16.7 Å². The number of hydrogen-bond donors (Lipinski definition) is 1. The number of hydrogen-bond acceptors (Lipinski definition) is 5. The maximum Gasteiger partial charge on any atom is 0.258 e. The number of amides is 1. The first kappa shape index (κ1) is 17.9. The van der Waals surface area contributed by atoms with E-state index < -0.39 is 0 Å². The molecule has 3 aromatic rings. The van der Waals surface area contributed by atoms with E-state index in [-0.39, 0.29) is 11.7 Å². The van der Waals surface area contributed by atoms with Crippen LogP contribution in [-0.2, 0) is 6.54 Å². The third kappa shape index (κ3) is 3.36. The molecule has 0 saturated carbocycles. The summed E-state index contributed by atoms with van der Waals surface area (Å²) in [4.78, 5) is 18.9. The minimum Gasteiger partial charge on any atom is -0.504 e. The highest BCUT2D eigenvalue weighted by Gasteiger charge is 2.25. The quantitative estimate of drug-likeness (QED) is 0.758. The van der Waals surface area contributed by atoms with E-state index in [2.05, 4.69) is 4.98 Å². The SMILES string of the molecule is COc1ccccc1C(=O)N1CCOc2c(O)cc(-c3cccnc3)cc2C1. The van der Waals surface area contributed by atoms with Gasteiger partial charge in [-0.2, -0.15) is 0 Å². The van der Waals surface area contributed by atoms with Gasteiger partial charge in [0.15, 0.2) is 11.5 Å². The van der Waals surface area contributed by atoms with Crippen LogP contribution in [0.25, 0.3) is 11.1 Å². The van der Waals surface area contributed by atoms with Crippen LogP contribution in [0, 0.1) is 0 Å². The number of para-hydroxylation sites is 1. The summed E-state index contributed by atoms with van der Waals surface area (Å²) in [5, 5.41) is 10.5. The number of rotatable bonds is 3. The van der Waals surface area contributed by atoms with E-state index in [9.17, 15) is 9.90 Å². The summed E-state index contributed by atoms with van der Waals surface area (Å²) >= 11 is 0. The van der Waals surface area contributed by atoms with Crippen molar-refractivity contribution in [3.05, 3.63) is 72.1 Å². The zero-order valence-corrected chi connectivity index (χ0v) is 15.5. The lowest BCUT2D eigenvalue weighted by Crippen LogP contribution is -2.32. The Morgan fingerprint density at radius 3 is 2.82 bits per heavy atom. The fraction of sp³-hybridized carbons (Fsp3) is 0.182. The highest BCUT2D eigenvalue weighted by atomic mass is 16.5. The second-order valence-corrected chi connectivity index (χ2v) is 6.50. The number of ether oxygens (including phenoxy) is 2. The second-order valence-electron chi connectivity index (χ2n) is 6.50. The summed E-state index contributed by atoms with van der Waals surface area (Å²) in [5.41, 5.74) is 2.95. The van der Waals surface area contributed by atoms with Gasteiger partial charge in [-0.05, 0) is 35.9 Å². The fourth-order valence-electron chi connectivity index (χ4n) is 3.36. The number of aromatic hydroxyl groups is 1. The number of phenols is 1. The molecule has 0 unspecified atom stereocenters. The van der Waals surface area contributed by atoms with Gasteiger partial charge in [0.2, 0.25) is 0 Å². The standard InChI is InChI=1S/C22H20N2O4/c1-27-20-7-3-2-6-18(20)22(26)24-9-10-28-21-17(14-24)11-16(12-19(21)25)15-5-4-8-23-13-15/h2-8,11-13,25H,9-10,14H2,1H3. The van der Waals surface area contributed by atoms with E-state index in [1.54, 1.807) is 42.6 Å². The van der Waals surface area contributed by atoms with Crippen molar-refractivity contribution in [3.8, 4) is 28.4 Å². The molecule has 4 rings (SSSR count). The summed E-state index contributed by atoms with van der Waals surface area (Å²) in [7, 11) is 1.55. The van der Waals surface area contributed by atoms with Crippen LogP contribution in [0.2, 0.25) is 0 Å². The van der Waals surface area contributed by atoms with Crippen LogP contribution < -0.4 is 9.47 Å². The molecule has 0 atom stereocenters. The normalized spacial score (nSPS) is 13.2. The van der Waals surface area contributed by atoms with Gasteiger partial charge in [-0.3, -0.25) is 9.78 Å². The number of phenolic OH excluding ortho intramolecular Hbond substituents is 1. The van der Waals surface area contributed by atoms with E-state index >= 15 is 0 Å². The van der Waals surface area contributed by atoms with Crippen LogP contribution in [0.5, 0.6) is 17.2 Å². The molecule has 1 aliphatic rings. The van der Waals surface area contributed by atoms with Crippen molar-refractivity contribution in [1.29, 1.82) is 0 Å². The van der Waals surface area contributed by atoms with Gasteiger partial charge in [0.05, 0.1) is 19.2 Å². The van der Waals surface area contributed by atoms with Crippen molar-refractivity contribution in [3.63, 3.8) is 0 Å². The molecular weight excluding hydrogens is 356 g/mol. The predicted molar refractivity (Wildman–Crippen MR) is 105 cm³/mol. The average Bonchev–Trinajstić information content (AvgIpc) is 2.96. The molecule has 1 aliphatic heterocycles. The Labute approximate surface area is 163 Å². The van der Waals surface area contributed by atoms with E-state index in [1.807, 2.05) is 30.3 Å². The monoisotopic (exact) mass is 376 g/mol. The number of carbonyl (C=O) groups excluding carboxylic acids is 1. The highest BCUT2D eigenvalue weighted by Crippen LogP contribution is 2.37. The second kappa shape index (κ2) is 7.60. The van der Waals surface area contributed by atoms with Gasteiger partial charge >= 0.3 is 0 Å². The van der Waals surface area contributed by atoms with Crippen molar-refractivity contribution < 1.29 is 19.4 Å². The van der Waals surface area contributed by atoms with Gasteiger partial charge in [-0.15, -0.1) is 0 Å². The maximum atomic E-state index is 13.1. The van der Waals surface area contributed by atoms with Crippen LogP contribution >= 0.6 is 0 Å². The highest BCUT2D eigenvalue weighted by molar-refractivity contribution is 5.97. The van der Waals surface area contributed by atoms with Crippen molar-refractivity contribution in [2.24, 2.45) is 0 Å². The zero-order chi connectivity index (χ0) is 19.5. The Morgan fingerprint density at radius 1 is 1.18 bits per heavy atom. The Balaban J connectivity index is 1.69. The largest absolute Gasteiger partial charge is 0.504 e. The van der Waals surface area contributed by atoms with Crippen molar-refractivity contribution in [2.45, 2.75) is 6.54 Å². The average molecular weight is 376 g/mol. The summed E-state index contributed by atoms with van der Waals surface area (Å²) < 4.78 is 11.1. The number of pyridine rings is 1. The molecule has 142 valence electrons. The Kier molecular flexibility index (Phi) is 4.85. The molecule has 0 fully saturated rings. The third-order valence-electron chi connectivity index (χ3n) is 4.73. The molecular formula is C22H20N2O4. The molecule has 0 spiro atoms. The fourth-order valence-corrected chi connectivity index (χ4v) is 3.36. The number of carbonyl (C=O) groups is 1. The number of benzene rings is 2. The predicted octanol–water partition coefficient (Wildman–Crippen LogP) is 3.50. The number of nitrogens with zero attached hydrogens (tertiary/aromatic N) is 2. The lowest BCUT2D eigenvalue weighted by atomic mass is 10.0. The van der Waals surface area contributed by atoms with Crippen LogP contribution in [0.3, 0.4) is 0 Å². The van der Waals surface area contributed by atoms with E-state index in [4.69, 9.17) is 9.47 Å². The minimum atomic E-state index is -0.139. The van der Waals surface area contributed by atoms with Gasteiger partial charge < -0.3 is 19.5 Å². The first-order valence-electron chi connectivity index (χ1n) is 8.98. The van der Waals surface area contributed by atoms with Crippen LogP contribution in [0.4, 0.5) is 0 Å². The Bertz CT molecular complexity index is 1000. The zero-order valence-electron chi connectivity index (χ0n) is 15.5. The molecule has 0 radical (unpaired) electrons. The molecule has 0 aliphatic carbocycles. The van der Waals surface area contributed by atoms with Crippen LogP contribution in [0.15, 0.2) is 60.9 Å². The molecule has 2 aromatic carbocycles. The van der Waals surface area contributed by atoms with Crippen LogP contribution in [0.1, 0.15) is 15.9 Å². The van der Waals surface area contributed by atoms with E-state index in [0.29, 0.717) is 36.8 Å². The van der Waals surface area contributed by atoms with Crippen LogP contribution in [-0.4, -0.2) is 41.2 Å². The van der Waals surface area contributed by atoms with Gasteiger partial charge in [0, 0.05) is 30.1 Å². The molecule has 6 heteroatoms. The Morgan fingerprint density at radius 2 is 2.04 bits per heavy atom. The summed E-state index contributed by atoms with van der Waals surface area (Å²) in [6.45, 7) is 1.04. The topological polar surface area (TPSA) is 71.9 Å². The van der Waals surface area contributed by atoms with Gasteiger partial charge in [0.25, 0.3) is 5.91 Å². The number of methoxy groups -OCH3 is 1. The van der Waals surface area contributed by atoms with Gasteiger partial charge in [-0.1, -0.05) is 18.2 Å². The smallest absolute Gasteiger partial charge is 0.258 e. The number of fused-ring (bicyclic) bond motifs is 1. The van der Waals surface area contributed by atoms with Crippen molar-refractivity contribution in [2.75, 3.05) is 20.3 Å². The molecule has 0 saturated heterocycles. The molecule has 1 aromatic heterocycles. The maximum absolute atomic E-state index is 13.1. The molecule has 1 amide bonds. The molecule has 28 heavy (non-hydrogen) atoms. The molecule has 2 heterocycles. The summed E-state index contributed by atoms with van der Waals surface area (Å²) in [6, 6.07) is 14.5. The Hall–Kier alpha value is -3.54. The third-order valence-corrected chi connectivity index (χ3v) is 4.73. The lowest BCUT2D eigenvalue weighted by Gasteiger charge is -2.21. The van der Waals surface area contributed by atoms with Gasteiger partial charge in [-0.25, -0.2) is 0 Å². The van der Waals surface area contributed by atoms with Gasteiger partial charge in [0.1, 0.15) is 12.4 Å². The lowest BCUT2D eigenvalue weighted by molar-refractivity contribution is 0.0729. The minimum absolute atomic E-state index is 0.0583. The molecule has 1 N–H and O–H groups in total. The molecule has 6 nitrogen and oxygen atoms in total. The summed E-state index contributed by atoms with van der Waals surface area (Å²) in [6.07, 6.45) is 3.43.